The van der Waals surface area contributed by atoms with Crippen LogP contribution in [0, 0.1) is 5.41 Å². The van der Waals surface area contributed by atoms with Gasteiger partial charge in [0.1, 0.15) is 0 Å². The van der Waals surface area contributed by atoms with E-state index in [1.54, 1.807) is 12.4 Å². The molecule has 76 valence electrons. The summed E-state index contributed by atoms with van der Waals surface area (Å²) < 4.78 is 0. The van der Waals surface area contributed by atoms with Crippen LogP contribution in [0.2, 0.25) is 5.02 Å². The Kier molecular flexibility index (Phi) is 2.61. The van der Waals surface area contributed by atoms with Gasteiger partial charge < -0.3 is 10.4 Å². The molecule has 3 nitrogen and oxygen atoms in total. The average Bonchev–Trinajstić information content (AvgIpc) is 2.98. The summed E-state index contributed by atoms with van der Waals surface area (Å²) in [6, 6.07) is 1.84. The van der Waals surface area contributed by atoms with Crippen molar-refractivity contribution in [3.63, 3.8) is 0 Å². The van der Waals surface area contributed by atoms with Gasteiger partial charge in [-0.2, -0.15) is 0 Å². The van der Waals surface area contributed by atoms with Crippen molar-refractivity contribution >= 4 is 17.3 Å². The molecule has 1 aliphatic rings. The Hall–Kier alpha value is -0.800. The lowest BCUT2D eigenvalue weighted by Crippen LogP contribution is -2.19. The minimum Gasteiger partial charge on any atom is -0.396 e. The Morgan fingerprint density at radius 3 is 2.93 bits per heavy atom. The second-order valence-corrected chi connectivity index (χ2v) is 4.27. The minimum atomic E-state index is 0.104. The van der Waals surface area contributed by atoms with Gasteiger partial charge in [0.15, 0.2) is 0 Å². The molecule has 0 saturated heterocycles. The predicted molar refractivity (Wildman–Crippen MR) is 56.5 cm³/mol. The van der Waals surface area contributed by atoms with Crippen molar-refractivity contribution in [2.75, 3.05) is 18.5 Å². The molecule has 1 aliphatic carbocycles. The zero-order chi connectivity index (χ0) is 10.0. The fourth-order valence-corrected chi connectivity index (χ4v) is 1.56. The molecule has 0 aromatic carbocycles. The standard InChI is InChI=1S/C10H13ClN2O/c11-8-5-12-4-1-9(8)13-6-10(7-14)2-3-10/h1,4-5,14H,2-3,6-7H2,(H,12,13). The SMILES string of the molecule is OCC1(CNc2ccncc2Cl)CC1. The van der Waals surface area contributed by atoms with Gasteiger partial charge in [0, 0.05) is 24.4 Å². The van der Waals surface area contributed by atoms with Gasteiger partial charge in [0.25, 0.3) is 0 Å². The lowest BCUT2D eigenvalue weighted by atomic mass is 10.1. The number of hydrogen-bond donors (Lipinski definition) is 2. The first-order valence-corrected chi connectivity index (χ1v) is 5.08. The average molecular weight is 213 g/mol. The van der Waals surface area contributed by atoms with Gasteiger partial charge in [0.05, 0.1) is 17.3 Å². The number of pyridine rings is 1. The highest BCUT2D eigenvalue weighted by molar-refractivity contribution is 6.33. The normalized spacial score (nSPS) is 17.9. The number of aliphatic hydroxyl groups is 1. The summed E-state index contributed by atoms with van der Waals surface area (Å²) in [7, 11) is 0. The summed E-state index contributed by atoms with van der Waals surface area (Å²) in [5.41, 5.74) is 0.994. The number of nitrogens with zero attached hydrogens (tertiary/aromatic N) is 1. The van der Waals surface area contributed by atoms with Crippen LogP contribution in [-0.4, -0.2) is 23.2 Å². The van der Waals surface area contributed by atoms with Crippen molar-refractivity contribution in [1.29, 1.82) is 0 Å². The first-order chi connectivity index (χ1) is 6.76. The first kappa shape index (κ1) is 9.74. The Morgan fingerprint density at radius 1 is 1.57 bits per heavy atom. The zero-order valence-electron chi connectivity index (χ0n) is 7.83. The van der Waals surface area contributed by atoms with Gasteiger partial charge in [-0.25, -0.2) is 0 Å². The molecule has 1 heterocycles. The largest absolute Gasteiger partial charge is 0.396 e. The van der Waals surface area contributed by atoms with Crippen LogP contribution in [-0.2, 0) is 0 Å². The van der Waals surface area contributed by atoms with Gasteiger partial charge >= 0.3 is 0 Å². The molecule has 14 heavy (non-hydrogen) atoms. The van der Waals surface area contributed by atoms with Gasteiger partial charge in [-0.15, -0.1) is 0 Å². The van der Waals surface area contributed by atoms with E-state index in [1.165, 1.54) is 0 Å². The molecule has 1 aromatic rings. The van der Waals surface area contributed by atoms with E-state index in [9.17, 15) is 0 Å². The van der Waals surface area contributed by atoms with Gasteiger partial charge in [-0.1, -0.05) is 11.6 Å². The summed E-state index contributed by atoms with van der Waals surface area (Å²) in [5.74, 6) is 0. The number of aromatic nitrogens is 1. The summed E-state index contributed by atoms with van der Waals surface area (Å²) in [4.78, 5) is 3.90. The molecule has 4 heteroatoms. The van der Waals surface area contributed by atoms with Crippen molar-refractivity contribution in [2.45, 2.75) is 12.8 Å². The van der Waals surface area contributed by atoms with E-state index in [0.717, 1.165) is 25.1 Å². The second-order valence-electron chi connectivity index (χ2n) is 3.87. The summed E-state index contributed by atoms with van der Waals surface area (Å²) in [6.45, 7) is 1.04. The van der Waals surface area contributed by atoms with Crippen LogP contribution in [0.3, 0.4) is 0 Å². The molecule has 0 atom stereocenters. The van der Waals surface area contributed by atoms with Crippen LogP contribution >= 0.6 is 11.6 Å². The van der Waals surface area contributed by atoms with Crippen LogP contribution in [0.15, 0.2) is 18.5 Å². The van der Waals surface area contributed by atoms with Crippen molar-refractivity contribution < 1.29 is 5.11 Å². The smallest absolute Gasteiger partial charge is 0.0820 e. The minimum absolute atomic E-state index is 0.104. The van der Waals surface area contributed by atoms with Crippen LogP contribution in [0.25, 0.3) is 0 Å². The van der Waals surface area contributed by atoms with Gasteiger partial charge in [-0.05, 0) is 18.9 Å². The van der Waals surface area contributed by atoms with E-state index >= 15 is 0 Å². The molecule has 2 N–H and O–H groups in total. The highest BCUT2D eigenvalue weighted by Gasteiger charge is 2.41. The maximum Gasteiger partial charge on any atom is 0.0820 e. The number of aliphatic hydroxyl groups excluding tert-OH is 1. The van der Waals surface area contributed by atoms with Crippen molar-refractivity contribution in [2.24, 2.45) is 5.41 Å². The number of rotatable bonds is 4. The van der Waals surface area contributed by atoms with E-state index < -0.39 is 0 Å². The molecule has 1 aromatic heterocycles. The van der Waals surface area contributed by atoms with Crippen LogP contribution < -0.4 is 5.32 Å². The number of nitrogens with one attached hydrogen (secondary N) is 1. The van der Waals surface area contributed by atoms with Crippen LogP contribution in [0.1, 0.15) is 12.8 Å². The Balaban J connectivity index is 1.95. The fraction of sp³-hybridized carbons (Fsp3) is 0.500. The Morgan fingerprint density at radius 2 is 2.36 bits per heavy atom. The van der Waals surface area contributed by atoms with Crippen LogP contribution in [0.5, 0.6) is 0 Å². The molecule has 0 bridgehead atoms. The molecule has 0 radical (unpaired) electrons. The van der Waals surface area contributed by atoms with E-state index in [1.807, 2.05) is 6.07 Å². The number of anilines is 1. The first-order valence-electron chi connectivity index (χ1n) is 4.70. The van der Waals surface area contributed by atoms with E-state index in [2.05, 4.69) is 10.3 Å². The number of halogens is 1. The zero-order valence-corrected chi connectivity index (χ0v) is 8.59. The third-order valence-corrected chi connectivity index (χ3v) is 3.02. The van der Waals surface area contributed by atoms with Crippen molar-refractivity contribution in [3.05, 3.63) is 23.5 Å². The maximum atomic E-state index is 9.12. The highest BCUT2D eigenvalue weighted by Crippen LogP contribution is 2.45. The van der Waals surface area contributed by atoms with Crippen molar-refractivity contribution in [3.8, 4) is 0 Å². The molecular weight excluding hydrogens is 200 g/mol. The molecular formula is C10H13ClN2O. The predicted octanol–water partition coefficient (Wildman–Crippen LogP) is 1.92. The fourth-order valence-electron chi connectivity index (χ4n) is 1.37. The molecule has 0 unspecified atom stereocenters. The molecule has 0 aliphatic heterocycles. The lowest BCUT2D eigenvalue weighted by Gasteiger charge is -2.14. The number of hydrogen-bond acceptors (Lipinski definition) is 3. The highest BCUT2D eigenvalue weighted by atomic mass is 35.5. The Labute approximate surface area is 88.1 Å². The van der Waals surface area contributed by atoms with E-state index in [0.29, 0.717) is 5.02 Å². The van der Waals surface area contributed by atoms with E-state index in [4.69, 9.17) is 16.7 Å². The van der Waals surface area contributed by atoms with Crippen molar-refractivity contribution in [1.82, 2.24) is 4.98 Å². The summed E-state index contributed by atoms with van der Waals surface area (Å²) in [5, 5.41) is 13.0. The quantitative estimate of drug-likeness (QED) is 0.802. The molecule has 1 saturated carbocycles. The Bertz CT molecular complexity index is 326. The molecule has 2 rings (SSSR count). The molecule has 0 spiro atoms. The lowest BCUT2D eigenvalue weighted by molar-refractivity contribution is 0.220. The van der Waals surface area contributed by atoms with E-state index in [-0.39, 0.29) is 12.0 Å². The topological polar surface area (TPSA) is 45.1 Å². The molecule has 0 amide bonds. The third-order valence-electron chi connectivity index (χ3n) is 2.72. The monoisotopic (exact) mass is 212 g/mol. The third kappa shape index (κ3) is 1.99. The van der Waals surface area contributed by atoms with Gasteiger partial charge in [-0.3, -0.25) is 4.98 Å². The second kappa shape index (κ2) is 3.75. The maximum absolute atomic E-state index is 9.12. The molecule has 1 fully saturated rings. The summed E-state index contributed by atoms with van der Waals surface area (Å²) in [6.07, 6.45) is 5.51. The van der Waals surface area contributed by atoms with Crippen LogP contribution in [0.4, 0.5) is 5.69 Å². The summed E-state index contributed by atoms with van der Waals surface area (Å²) >= 11 is 5.93. The van der Waals surface area contributed by atoms with Gasteiger partial charge in [0.2, 0.25) is 0 Å².